The Hall–Kier alpha value is -2.50. The van der Waals surface area contributed by atoms with Gasteiger partial charge in [-0.3, -0.25) is 4.79 Å². The largest absolute Gasteiger partial charge is 0.328 e. The Morgan fingerprint density at radius 2 is 1.79 bits per heavy atom. The molecule has 0 saturated heterocycles. The predicted octanol–water partition coefficient (Wildman–Crippen LogP) is 3.96. The van der Waals surface area contributed by atoms with Crippen LogP contribution in [0.25, 0.3) is 6.08 Å². The van der Waals surface area contributed by atoms with Crippen LogP contribution in [0, 0.1) is 35.5 Å². The van der Waals surface area contributed by atoms with Crippen molar-refractivity contribution in [1.82, 2.24) is 19.5 Å². The van der Waals surface area contributed by atoms with Crippen LogP contribution in [0.1, 0.15) is 50.4 Å². The van der Waals surface area contributed by atoms with Gasteiger partial charge in [-0.2, -0.15) is 0 Å². The van der Waals surface area contributed by atoms with Crippen molar-refractivity contribution in [2.75, 3.05) is 5.32 Å². The highest BCUT2D eigenvalue weighted by molar-refractivity contribution is 5.92. The van der Waals surface area contributed by atoms with Crippen molar-refractivity contribution in [2.24, 2.45) is 35.5 Å². The van der Waals surface area contributed by atoms with E-state index in [0.717, 1.165) is 24.1 Å². The summed E-state index contributed by atoms with van der Waals surface area (Å²) in [7, 11) is 0. The SMILES string of the molecule is O=C(Nc1ccncn1)[C@@H]1CC[C@H]2[C@@H]3CCC4[C@H](C=Cc5nccn54)[C@H]3CC[C@@H]21. The fourth-order valence-electron chi connectivity index (χ4n) is 7.14. The highest BCUT2D eigenvalue weighted by atomic mass is 16.2. The van der Waals surface area contributed by atoms with Gasteiger partial charge in [0, 0.05) is 36.5 Å². The van der Waals surface area contributed by atoms with Crippen LogP contribution in [0.5, 0.6) is 0 Å². The standard InChI is InChI=1S/C23H27N5O/c29-23(27-21-9-10-24-13-26-21)19-4-3-14-15-5-7-20-18(16(15)1-2-17(14)19)6-8-22-25-11-12-28(20)22/h6,8-20H,1-5,7H2,(H,24,26,27,29)/t14-,15-,16-,17-,18+,19+,20?/m0/s1. The molecule has 0 bridgehead atoms. The summed E-state index contributed by atoms with van der Waals surface area (Å²) in [6.45, 7) is 0. The molecule has 0 radical (unpaired) electrons. The summed E-state index contributed by atoms with van der Waals surface area (Å²) in [6.07, 6.45) is 19.1. The van der Waals surface area contributed by atoms with Gasteiger partial charge in [0.15, 0.2) is 0 Å². The molecule has 2 aromatic heterocycles. The van der Waals surface area contributed by atoms with E-state index in [2.05, 4.69) is 43.2 Å². The molecule has 4 aliphatic rings. The molecule has 1 amide bonds. The van der Waals surface area contributed by atoms with Gasteiger partial charge in [-0.1, -0.05) is 6.08 Å². The first-order chi connectivity index (χ1) is 14.3. The second kappa shape index (κ2) is 6.78. The van der Waals surface area contributed by atoms with E-state index < -0.39 is 0 Å². The molecule has 6 nitrogen and oxygen atoms in total. The summed E-state index contributed by atoms with van der Waals surface area (Å²) in [5.74, 6) is 5.41. The number of nitrogens with one attached hydrogen (secondary N) is 1. The van der Waals surface area contributed by atoms with E-state index in [1.54, 1.807) is 12.3 Å². The molecular formula is C23H27N5O. The number of fused-ring (bicyclic) bond motifs is 7. The Bertz CT molecular complexity index is 938. The minimum Gasteiger partial charge on any atom is -0.328 e. The molecule has 3 saturated carbocycles. The number of rotatable bonds is 2. The van der Waals surface area contributed by atoms with Gasteiger partial charge in [-0.05, 0) is 74.3 Å². The zero-order chi connectivity index (χ0) is 19.4. The summed E-state index contributed by atoms with van der Waals surface area (Å²) in [6, 6.07) is 2.34. The number of carbonyl (C=O) groups is 1. The van der Waals surface area contributed by atoms with E-state index in [1.807, 2.05) is 6.20 Å². The maximum Gasteiger partial charge on any atom is 0.228 e. The number of imidazole rings is 1. The number of hydrogen-bond acceptors (Lipinski definition) is 4. The first kappa shape index (κ1) is 17.4. The first-order valence-corrected chi connectivity index (χ1v) is 11.1. The smallest absolute Gasteiger partial charge is 0.228 e. The molecule has 6 rings (SSSR count). The molecule has 1 N–H and O–H groups in total. The molecule has 3 aliphatic carbocycles. The molecule has 3 fully saturated rings. The number of aromatic nitrogens is 4. The number of hydrogen-bond donors (Lipinski definition) is 1. The van der Waals surface area contributed by atoms with Crippen LogP contribution in [0.4, 0.5) is 5.82 Å². The third-order valence-electron chi connectivity index (χ3n) is 8.24. The highest BCUT2D eigenvalue weighted by Crippen LogP contribution is 2.58. The molecule has 2 aromatic rings. The molecule has 150 valence electrons. The number of allylic oxidation sites excluding steroid dienone is 1. The lowest BCUT2D eigenvalue weighted by atomic mass is 9.56. The van der Waals surface area contributed by atoms with E-state index >= 15 is 0 Å². The Morgan fingerprint density at radius 1 is 0.966 bits per heavy atom. The Balaban J connectivity index is 1.19. The maximum atomic E-state index is 13.0. The van der Waals surface area contributed by atoms with Crippen LogP contribution in [0.3, 0.4) is 0 Å². The van der Waals surface area contributed by atoms with Crippen LogP contribution in [-0.4, -0.2) is 25.4 Å². The average molecular weight is 390 g/mol. The minimum atomic E-state index is 0.135. The van der Waals surface area contributed by atoms with E-state index in [-0.39, 0.29) is 11.8 Å². The lowest BCUT2D eigenvalue weighted by Crippen LogP contribution is -2.44. The van der Waals surface area contributed by atoms with Crippen molar-refractivity contribution in [3.8, 4) is 0 Å². The van der Waals surface area contributed by atoms with Gasteiger partial charge >= 0.3 is 0 Å². The molecule has 0 aromatic carbocycles. The van der Waals surface area contributed by atoms with Crippen molar-refractivity contribution < 1.29 is 4.79 Å². The normalized spacial score (nSPS) is 37.2. The monoisotopic (exact) mass is 389 g/mol. The maximum absolute atomic E-state index is 13.0. The molecule has 29 heavy (non-hydrogen) atoms. The molecular weight excluding hydrogens is 362 g/mol. The molecule has 0 spiro atoms. The lowest BCUT2D eigenvalue weighted by molar-refractivity contribution is -0.122. The van der Waals surface area contributed by atoms with Crippen molar-refractivity contribution >= 4 is 17.8 Å². The third-order valence-corrected chi connectivity index (χ3v) is 8.24. The molecule has 7 atom stereocenters. The van der Waals surface area contributed by atoms with Gasteiger partial charge in [0.1, 0.15) is 18.0 Å². The van der Waals surface area contributed by atoms with Gasteiger partial charge in [0.2, 0.25) is 5.91 Å². The van der Waals surface area contributed by atoms with Crippen LogP contribution in [-0.2, 0) is 4.79 Å². The zero-order valence-electron chi connectivity index (χ0n) is 16.5. The van der Waals surface area contributed by atoms with Crippen LogP contribution < -0.4 is 5.32 Å². The Morgan fingerprint density at radius 3 is 2.69 bits per heavy atom. The van der Waals surface area contributed by atoms with Crippen molar-refractivity contribution in [3.63, 3.8) is 0 Å². The predicted molar refractivity (Wildman–Crippen MR) is 110 cm³/mol. The first-order valence-electron chi connectivity index (χ1n) is 11.1. The summed E-state index contributed by atoms with van der Waals surface area (Å²) >= 11 is 0. The summed E-state index contributed by atoms with van der Waals surface area (Å²) in [4.78, 5) is 25.6. The van der Waals surface area contributed by atoms with Crippen LogP contribution in [0.2, 0.25) is 0 Å². The van der Waals surface area contributed by atoms with Crippen molar-refractivity contribution in [3.05, 3.63) is 42.9 Å². The van der Waals surface area contributed by atoms with Gasteiger partial charge < -0.3 is 9.88 Å². The zero-order valence-corrected chi connectivity index (χ0v) is 16.5. The molecule has 1 unspecified atom stereocenters. The van der Waals surface area contributed by atoms with Gasteiger partial charge in [0.05, 0.1) is 0 Å². The van der Waals surface area contributed by atoms with Crippen molar-refractivity contribution in [2.45, 2.75) is 44.6 Å². The summed E-state index contributed by atoms with van der Waals surface area (Å²) in [5, 5.41) is 3.03. The molecule has 1 aliphatic heterocycles. The quantitative estimate of drug-likeness (QED) is 0.844. The van der Waals surface area contributed by atoms with E-state index in [0.29, 0.717) is 29.6 Å². The Labute approximate surface area is 170 Å². The van der Waals surface area contributed by atoms with Crippen LogP contribution >= 0.6 is 0 Å². The number of amides is 1. The molecule has 6 heteroatoms. The second-order valence-corrected chi connectivity index (χ2v) is 9.27. The van der Waals surface area contributed by atoms with E-state index in [4.69, 9.17) is 0 Å². The van der Waals surface area contributed by atoms with E-state index in [9.17, 15) is 4.79 Å². The van der Waals surface area contributed by atoms with E-state index in [1.165, 1.54) is 38.4 Å². The van der Waals surface area contributed by atoms with Crippen molar-refractivity contribution in [1.29, 1.82) is 0 Å². The third kappa shape index (κ3) is 2.75. The van der Waals surface area contributed by atoms with Gasteiger partial charge in [0.25, 0.3) is 0 Å². The highest BCUT2D eigenvalue weighted by Gasteiger charge is 2.52. The fraction of sp³-hybridized carbons (Fsp3) is 0.565. The number of anilines is 1. The fourth-order valence-corrected chi connectivity index (χ4v) is 7.14. The van der Waals surface area contributed by atoms with Gasteiger partial charge in [-0.25, -0.2) is 15.0 Å². The summed E-state index contributed by atoms with van der Waals surface area (Å²) in [5.41, 5.74) is 0. The number of nitrogens with zero attached hydrogens (tertiary/aromatic N) is 4. The Kier molecular flexibility index (Phi) is 4.06. The second-order valence-electron chi connectivity index (χ2n) is 9.27. The lowest BCUT2D eigenvalue weighted by Gasteiger charge is -2.51. The summed E-state index contributed by atoms with van der Waals surface area (Å²) < 4.78 is 2.40. The minimum absolute atomic E-state index is 0.135. The van der Waals surface area contributed by atoms with Gasteiger partial charge in [-0.15, -0.1) is 0 Å². The average Bonchev–Trinajstić information content (AvgIpc) is 3.41. The topological polar surface area (TPSA) is 72.7 Å². The molecule has 3 heterocycles. The number of carbonyl (C=O) groups excluding carboxylic acids is 1. The van der Waals surface area contributed by atoms with Crippen LogP contribution in [0.15, 0.2) is 37.1 Å².